The second kappa shape index (κ2) is 17.0. The molecule has 0 amide bonds. The molecule has 5 aromatic rings. The van der Waals surface area contributed by atoms with Gasteiger partial charge in [0.25, 0.3) is 10.1 Å². The zero-order valence-corrected chi connectivity index (χ0v) is 28.4. The summed E-state index contributed by atoms with van der Waals surface area (Å²) in [5.74, 6) is 0. The Morgan fingerprint density at radius 1 is 0.469 bits per heavy atom. The molecule has 0 saturated heterocycles. The van der Waals surface area contributed by atoms with Crippen LogP contribution in [0.4, 0.5) is 0 Å². The number of aryl methyl sites for hydroxylation is 1. The van der Waals surface area contributed by atoms with Gasteiger partial charge in [-0.15, -0.1) is 0 Å². The maximum absolute atomic E-state index is 13.8. The molecule has 1 aliphatic carbocycles. The molecule has 0 spiro atoms. The maximum atomic E-state index is 13.8. The standard InChI is InChI=1S/C41H42O7S/c1-31-22-24-36(25-23-31)49(42,43)48-38-26-37(44-27-32-14-6-2-7-15-32)39(45-28-33-16-8-3-9-17-33)41(47-30-35-20-12-5-13-21-35)40(38)46-29-34-18-10-4-11-19-34/h2-25,37-41H,26-30H2,1H3/t37-,38-,39+,40-,41-/m1/s1. The fourth-order valence-electron chi connectivity index (χ4n) is 5.96. The average Bonchev–Trinajstić information content (AvgIpc) is 3.14. The Morgan fingerprint density at radius 3 is 1.27 bits per heavy atom. The predicted octanol–water partition coefficient (Wildman–Crippen LogP) is 7.81. The minimum atomic E-state index is -4.18. The van der Waals surface area contributed by atoms with Gasteiger partial charge < -0.3 is 18.9 Å². The van der Waals surface area contributed by atoms with Crippen LogP contribution in [0.5, 0.6) is 0 Å². The van der Waals surface area contributed by atoms with Crippen LogP contribution in [0.2, 0.25) is 0 Å². The van der Waals surface area contributed by atoms with Crippen LogP contribution in [0.25, 0.3) is 0 Å². The Bertz CT molecular complexity index is 1800. The van der Waals surface area contributed by atoms with Crippen molar-refractivity contribution in [2.45, 2.75) is 75.2 Å². The van der Waals surface area contributed by atoms with Crippen molar-refractivity contribution in [3.63, 3.8) is 0 Å². The number of ether oxygens (including phenoxy) is 4. The highest BCUT2D eigenvalue weighted by molar-refractivity contribution is 7.86. The summed E-state index contributed by atoms with van der Waals surface area (Å²) in [6.07, 6.45) is -3.51. The largest absolute Gasteiger partial charge is 0.371 e. The summed E-state index contributed by atoms with van der Waals surface area (Å²) in [5, 5.41) is 0. The first-order valence-electron chi connectivity index (χ1n) is 16.6. The highest BCUT2D eigenvalue weighted by Gasteiger charge is 2.50. The first-order valence-corrected chi connectivity index (χ1v) is 18.0. The molecule has 1 saturated carbocycles. The molecule has 1 aliphatic rings. The minimum Gasteiger partial charge on any atom is -0.371 e. The van der Waals surface area contributed by atoms with Crippen molar-refractivity contribution >= 4 is 10.1 Å². The summed E-state index contributed by atoms with van der Waals surface area (Å²) in [4.78, 5) is 0.0749. The first kappa shape index (κ1) is 34.7. The lowest BCUT2D eigenvalue weighted by Crippen LogP contribution is -2.60. The van der Waals surface area contributed by atoms with Crippen molar-refractivity contribution in [3.8, 4) is 0 Å². The van der Waals surface area contributed by atoms with E-state index in [2.05, 4.69) is 0 Å². The smallest absolute Gasteiger partial charge is 0.297 e. The van der Waals surface area contributed by atoms with Crippen LogP contribution in [0, 0.1) is 6.92 Å². The highest BCUT2D eigenvalue weighted by Crippen LogP contribution is 2.35. The van der Waals surface area contributed by atoms with E-state index in [1.54, 1.807) is 24.3 Å². The Kier molecular flexibility index (Phi) is 12.0. The molecule has 0 heterocycles. The van der Waals surface area contributed by atoms with Gasteiger partial charge in [-0.2, -0.15) is 8.42 Å². The van der Waals surface area contributed by atoms with Crippen LogP contribution in [-0.2, 0) is 59.7 Å². The van der Waals surface area contributed by atoms with Crippen LogP contribution < -0.4 is 0 Å². The molecule has 1 fully saturated rings. The summed E-state index contributed by atoms with van der Waals surface area (Å²) in [7, 11) is -4.18. The van der Waals surface area contributed by atoms with Gasteiger partial charge in [0.2, 0.25) is 0 Å². The minimum absolute atomic E-state index is 0.0749. The van der Waals surface area contributed by atoms with Gasteiger partial charge >= 0.3 is 0 Å². The number of benzene rings is 5. The van der Waals surface area contributed by atoms with Crippen molar-refractivity contribution in [2.24, 2.45) is 0 Å². The van der Waals surface area contributed by atoms with Gasteiger partial charge in [0.15, 0.2) is 0 Å². The van der Waals surface area contributed by atoms with Crippen molar-refractivity contribution in [1.82, 2.24) is 0 Å². The van der Waals surface area contributed by atoms with E-state index >= 15 is 0 Å². The number of rotatable bonds is 15. The molecule has 0 radical (unpaired) electrons. The molecule has 8 heteroatoms. The fourth-order valence-corrected chi connectivity index (χ4v) is 7.05. The second-order valence-corrected chi connectivity index (χ2v) is 13.8. The molecule has 0 aromatic heterocycles. The lowest BCUT2D eigenvalue weighted by Gasteiger charge is -2.45. The van der Waals surface area contributed by atoms with Gasteiger partial charge in [-0.3, -0.25) is 4.18 Å². The average molecular weight is 679 g/mol. The third kappa shape index (κ3) is 9.73. The molecule has 254 valence electrons. The zero-order valence-electron chi connectivity index (χ0n) is 27.5. The van der Waals surface area contributed by atoms with Gasteiger partial charge in [-0.1, -0.05) is 139 Å². The molecule has 0 unspecified atom stereocenters. The van der Waals surface area contributed by atoms with Crippen molar-refractivity contribution in [1.29, 1.82) is 0 Å². The van der Waals surface area contributed by atoms with E-state index in [0.717, 1.165) is 27.8 Å². The molecule has 5 atom stereocenters. The highest BCUT2D eigenvalue weighted by atomic mass is 32.2. The van der Waals surface area contributed by atoms with Gasteiger partial charge in [0.1, 0.15) is 24.4 Å². The van der Waals surface area contributed by atoms with E-state index in [-0.39, 0.29) is 24.5 Å². The normalized spacial score (nSPS) is 21.0. The molecule has 6 rings (SSSR count). The van der Waals surface area contributed by atoms with Crippen LogP contribution >= 0.6 is 0 Å². The van der Waals surface area contributed by atoms with E-state index in [1.165, 1.54) is 0 Å². The van der Waals surface area contributed by atoms with Crippen molar-refractivity contribution in [3.05, 3.63) is 173 Å². The lowest BCUT2D eigenvalue weighted by atomic mass is 9.86. The van der Waals surface area contributed by atoms with E-state index in [1.807, 2.05) is 128 Å². The molecule has 7 nitrogen and oxygen atoms in total. The van der Waals surface area contributed by atoms with Gasteiger partial charge in [-0.25, -0.2) is 0 Å². The van der Waals surface area contributed by atoms with Crippen LogP contribution in [0.1, 0.15) is 34.2 Å². The fraction of sp³-hybridized carbons (Fsp3) is 0.268. The van der Waals surface area contributed by atoms with Crippen LogP contribution in [0.15, 0.2) is 150 Å². The molecule has 5 aromatic carbocycles. The molecule has 0 N–H and O–H groups in total. The maximum Gasteiger partial charge on any atom is 0.297 e. The number of hydrogen-bond donors (Lipinski definition) is 0. The van der Waals surface area contributed by atoms with E-state index < -0.39 is 40.6 Å². The van der Waals surface area contributed by atoms with Crippen molar-refractivity contribution in [2.75, 3.05) is 0 Å². The SMILES string of the molecule is Cc1ccc(S(=O)(=O)O[C@@H]2C[C@@H](OCc3ccccc3)[C@H](OCc3ccccc3)[C@@H](OCc3ccccc3)[C@@H]2OCc2ccccc2)cc1. The monoisotopic (exact) mass is 678 g/mol. The first-order chi connectivity index (χ1) is 23.9. The summed E-state index contributed by atoms with van der Waals surface area (Å²) in [6.45, 7) is 2.99. The topological polar surface area (TPSA) is 80.3 Å². The van der Waals surface area contributed by atoms with Crippen LogP contribution in [0.3, 0.4) is 0 Å². The second-order valence-electron chi connectivity index (χ2n) is 12.3. The van der Waals surface area contributed by atoms with Crippen molar-refractivity contribution < 1.29 is 31.5 Å². The Labute approximate surface area is 289 Å². The zero-order chi connectivity index (χ0) is 33.9. The lowest BCUT2D eigenvalue weighted by molar-refractivity contribution is -0.236. The van der Waals surface area contributed by atoms with Gasteiger partial charge in [0.05, 0.1) is 37.4 Å². The van der Waals surface area contributed by atoms with E-state index in [0.29, 0.717) is 13.2 Å². The molecular weight excluding hydrogens is 637 g/mol. The molecular formula is C41H42O7S. The Morgan fingerprint density at radius 2 is 0.837 bits per heavy atom. The third-order valence-electron chi connectivity index (χ3n) is 8.57. The Balaban J connectivity index is 1.37. The summed E-state index contributed by atoms with van der Waals surface area (Å²) in [6, 6.07) is 46.0. The summed E-state index contributed by atoms with van der Waals surface area (Å²) >= 11 is 0. The third-order valence-corrected chi connectivity index (χ3v) is 9.92. The quantitative estimate of drug-likeness (QED) is 0.105. The van der Waals surface area contributed by atoms with E-state index in [9.17, 15) is 8.42 Å². The number of hydrogen-bond acceptors (Lipinski definition) is 7. The molecule has 49 heavy (non-hydrogen) atoms. The van der Waals surface area contributed by atoms with Gasteiger partial charge in [0, 0.05) is 6.42 Å². The molecule has 0 bridgehead atoms. The Hall–Kier alpha value is -4.15. The molecule has 0 aliphatic heterocycles. The van der Waals surface area contributed by atoms with Crippen LogP contribution in [-0.4, -0.2) is 38.9 Å². The van der Waals surface area contributed by atoms with Gasteiger partial charge in [-0.05, 0) is 41.3 Å². The predicted molar refractivity (Wildman–Crippen MR) is 188 cm³/mol. The summed E-state index contributed by atoms with van der Waals surface area (Å²) < 4.78 is 60.4. The summed E-state index contributed by atoms with van der Waals surface area (Å²) in [5.41, 5.74) is 4.83. The van der Waals surface area contributed by atoms with E-state index in [4.69, 9.17) is 23.1 Å².